The average Bonchev–Trinajstić information content (AvgIpc) is 2.72. The Hall–Kier alpha value is -2.82. The fourth-order valence-corrected chi connectivity index (χ4v) is 3.34. The minimum Gasteiger partial charge on any atom is -0.507 e. The van der Waals surface area contributed by atoms with Gasteiger partial charge in [-0.25, -0.2) is 0 Å². The molecule has 2 N–H and O–H groups in total. The second-order valence-electron chi connectivity index (χ2n) is 7.58. The van der Waals surface area contributed by atoms with Gasteiger partial charge in [0.25, 0.3) is 0 Å². The molecule has 5 heteroatoms. The predicted molar refractivity (Wildman–Crippen MR) is 117 cm³/mol. The van der Waals surface area contributed by atoms with Gasteiger partial charge in [0.05, 0.1) is 11.1 Å². The molecule has 0 saturated carbocycles. The largest absolute Gasteiger partial charge is 0.507 e. The molecule has 0 saturated heterocycles. The molecular weight excluding hydrogens is 380 g/mol. The van der Waals surface area contributed by atoms with Crippen molar-refractivity contribution in [1.82, 2.24) is 0 Å². The third-order valence-electron chi connectivity index (χ3n) is 5.08. The highest BCUT2D eigenvalue weighted by Crippen LogP contribution is 2.28. The van der Waals surface area contributed by atoms with Crippen LogP contribution in [0.1, 0.15) is 87.1 Å². The summed E-state index contributed by atoms with van der Waals surface area (Å²) in [6.45, 7) is 2.21. The number of hydrogen-bond donors (Lipinski definition) is 2. The first kappa shape index (κ1) is 23.5. The first-order valence-corrected chi connectivity index (χ1v) is 10.9. The maximum absolute atomic E-state index is 12.5. The smallest absolute Gasteiger partial charge is 0.311 e. The van der Waals surface area contributed by atoms with E-state index in [0.29, 0.717) is 6.42 Å². The molecule has 5 nitrogen and oxygen atoms in total. The van der Waals surface area contributed by atoms with Crippen molar-refractivity contribution < 1.29 is 24.5 Å². The van der Waals surface area contributed by atoms with Crippen molar-refractivity contribution in [1.29, 1.82) is 0 Å². The van der Waals surface area contributed by atoms with Crippen LogP contribution in [0.5, 0.6) is 17.2 Å². The molecule has 0 atom stereocenters. The number of ether oxygens (including phenoxy) is 1. The van der Waals surface area contributed by atoms with Crippen LogP contribution in [-0.2, 0) is 4.79 Å². The quantitative estimate of drug-likeness (QED) is 0.178. The van der Waals surface area contributed by atoms with Gasteiger partial charge in [0.1, 0.15) is 17.2 Å². The number of benzene rings is 2. The number of unbranched alkanes of at least 4 members (excludes halogenated alkanes) is 8. The number of ketones is 1. The highest BCUT2D eigenvalue weighted by Gasteiger charge is 2.17. The molecule has 2 rings (SSSR count). The van der Waals surface area contributed by atoms with Gasteiger partial charge in [0.2, 0.25) is 0 Å². The second-order valence-corrected chi connectivity index (χ2v) is 7.58. The van der Waals surface area contributed by atoms with Crippen LogP contribution >= 0.6 is 0 Å². The summed E-state index contributed by atoms with van der Waals surface area (Å²) in [5.41, 5.74) is 0.137. The molecule has 2 aromatic rings. The zero-order valence-corrected chi connectivity index (χ0v) is 17.7. The summed E-state index contributed by atoms with van der Waals surface area (Å²) >= 11 is 0. The van der Waals surface area contributed by atoms with Gasteiger partial charge in [-0.1, -0.05) is 70.4 Å². The summed E-state index contributed by atoms with van der Waals surface area (Å²) in [6, 6.07) is 10.3. The summed E-state index contributed by atoms with van der Waals surface area (Å²) in [5.74, 6) is -1.10. The maximum atomic E-state index is 12.5. The molecule has 0 amide bonds. The van der Waals surface area contributed by atoms with E-state index in [1.165, 1.54) is 68.9 Å². The van der Waals surface area contributed by atoms with Crippen LogP contribution in [0.4, 0.5) is 0 Å². The predicted octanol–water partition coefficient (Wildman–Crippen LogP) is 6.16. The number of carbonyl (C=O) groups is 2. The SMILES string of the molecule is CCCCCCCCCCCC(=O)Oc1ccc(C(=O)c2ccccc2O)c(O)c1. The van der Waals surface area contributed by atoms with Crippen LogP contribution in [0.2, 0.25) is 0 Å². The third kappa shape index (κ3) is 7.54. The topological polar surface area (TPSA) is 83.8 Å². The Morgan fingerprint density at radius 2 is 1.37 bits per heavy atom. The lowest BCUT2D eigenvalue weighted by atomic mass is 10.0. The zero-order chi connectivity index (χ0) is 21.8. The summed E-state index contributed by atoms with van der Waals surface area (Å²) in [6.07, 6.45) is 10.9. The van der Waals surface area contributed by atoms with E-state index in [-0.39, 0.29) is 34.3 Å². The number of esters is 1. The van der Waals surface area contributed by atoms with Crippen LogP contribution in [0.3, 0.4) is 0 Å². The first-order chi connectivity index (χ1) is 14.5. The molecule has 0 radical (unpaired) electrons. The van der Waals surface area contributed by atoms with Gasteiger partial charge < -0.3 is 14.9 Å². The fraction of sp³-hybridized carbons (Fsp3) is 0.440. The Labute approximate surface area is 178 Å². The van der Waals surface area contributed by atoms with E-state index in [9.17, 15) is 19.8 Å². The molecule has 0 heterocycles. The molecule has 0 aliphatic rings. The van der Waals surface area contributed by atoms with Gasteiger partial charge >= 0.3 is 5.97 Å². The Bertz CT molecular complexity index is 828. The van der Waals surface area contributed by atoms with Crippen LogP contribution in [-0.4, -0.2) is 22.0 Å². The fourth-order valence-electron chi connectivity index (χ4n) is 3.34. The highest BCUT2D eigenvalue weighted by molar-refractivity contribution is 6.12. The normalized spacial score (nSPS) is 10.7. The van der Waals surface area contributed by atoms with Crippen LogP contribution in [0.25, 0.3) is 0 Å². The number of para-hydroxylation sites is 1. The summed E-state index contributed by atoms with van der Waals surface area (Å²) in [5, 5.41) is 20.0. The lowest BCUT2D eigenvalue weighted by Crippen LogP contribution is -2.08. The number of phenolic OH excluding ortho intramolecular Hbond substituents is 2. The van der Waals surface area contributed by atoms with Crippen molar-refractivity contribution in [3.63, 3.8) is 0 Å². The molecule has 30 heavy (non-hydrogen) atoms. The molecule has 2 aromatic carbocycles. The minimum absolute atomic E-state index is 0.0373. The Kier molecular flexibility index (Phi) is 9.92. The van der Waals surface area contributed by atoms with Crippen molar-refractivity contribution in [2.45, 2.75) is 71.1 Å². The maximum Gasteiger partial charge on any atom is 0.311 e. The van der Waals surface area contributed by atoms with Gasteiger partial charge in [-0.15, -0.1) is 0 Å². The Morgan fingerprint density at radius 3 is 2.00 bits per heavy atom. The van der Waals surface area contributed by atoms with E-state index >= 15 is 0 Å². The van der Waals surface area contributed by atoms with Gasteiger partial charge in [0.15, 0.2) is 5.78 Å². The van der Waals surface area contributed by atoms with Gasteiger partial charge in [0, 0.05) is 12.5 Å². The summed E-state index contributed by atoms with van der Waals surface area (Å²) in [4.78, 5) is 24.5. The van der Waals surface area contributed by atoms with E-state index < -0.39 is 5.78 Å². The second kappa shape index (κ2) is 12.7. The minimum atomic E-state index is -0.502. The molecular formula is C25H32O5. The van der Waals surface area contributed by atoms with Gasteiger partial charge in [-0.3, -0.25) is 9.59 Å². The number of phenols is 2. The summed E-state index contributed by atoms with van der Waals surface area (Å²) < 4.78 is 5.27. The molecule has 0 aliphatic heterocycles. The molecule has 0 aromatic heterocycles. The van der Waals surface area contributed by atoms with Gasteiger partial charge in [-0.05, 0) is 30.7 Å². The van der Waals surface area contributed by atoms with Crippen molar-refractivity contribution >= 4 is 11.8 Å². The number of rotatable bonds is 13. The molecule has 0 fully saturated rings. The first-order valence-electron chi connectivity index (χ1n) is 10.9. The van der Waals surface area contributed by atoms with E-state index in [1.54, 1.807) is 12.1 Å². The van der Waals surface area contributed by atoms with E-state index in [4.69, 9.17) is 4.74 Å². The number of aromatic hydroxyl groups is 2. The Morgan fingerprint density at radius 1 is 0.767 bits per heavy atom. The van der Waals surface area contributed by atoms with Crippen molar-refractivity contribution in [3.05, 3.63) is 53.6 Å². The molecule has 0 bridgehead atoms. The summed E-state index contributed by atoms with van der Waals surface area (Å²) in [7, 11) is 0. The standard InChI is InChI=1S/C25H32O5/c1-2-3-4-5-6-7-8-9-10-15-24(28)30-19-16-17-21(23(27)18-19)25(29)20-13-11-12-14-22(20)26/h11-14,16-18,26-27H,2-10,15H2,1H3. The zero-order valence-electron chi connectivity index (χ0n) is 17.7. The van der Waals surface area contributed by atoms with Crippen LogP contribution in [0, 0.1) is 0 Å². The highest BCUT2D eigenvalue weighted by atomic mass is 16.5. The van der Waals surface area contributed by atoms with Crippen LogP contribution in [0.15, 0.2) is 42.5 Å². The van der Waals surface area contributed by atoms with E-state index in [2.05, 4.69) is 6.92 Å². The lowest BCUT2D eigenvalue weighted by molar-refractivity contribution is -0.134. The van der Waals surface area contributed by atoms with Crippen molar-refractivity contribution in [2.75, 3.05) is 0 Å². The van der Waals surface area contributed by atoms with Crippen molar-refractivity contribution in [2.24, 2.45) is 0 Å². The Balaban J connectivity index is 1.75. The molecule has 162 valence electrons. The van der Waals surface area contributed by atoms with E-state index in [0.717, 1.165) is 19.3 Å². The molecule has 0 spiro atoms. The van der Waals surface area contributed by atoms with Gasteiger partial charge in [-0.2, -0.15) is 0 Å². The third-order valence-corrected chi connectivity index (χ3v) is 5.08. The molecule has 0 aliphatic carbocycles. The molecule has 0 unspecified atom stereocenters. The number of carbonyl (C=O) groups excluding carboxylic acids is 2. The van der Waals surface area contributed by atoms with Crippen molar-refractivity contribution in [3.8, 4) is 17.2 Å². The average molecular weight is 413 g/mol. The van der Waals surface area contributed by atoms with E-state index in [1.807, 2.05) is 0 Å². The van der Waals surface area contributed by atoms with Crippen LogP contribution < -0.4 is 4.74 Å². The monoisotopic (exact) mass is 412 g/mol. The lowest BCUT2D eigenvalue weighted by Gasteiger charge is -2.09. The number of hydrogen-bond acceptors (Lipinski definition) is 5.